The van der Waals surface area contributed by atoms with Gasteiger partial charge in [0.15, 0.2) is 11.5 Å². The number of esters is 1. The molecule has 150 valence electrons. The van der Waals surface area contributed by atoms with E-state index in [1.807, 2.05) is 25.1 Å². The highest BCUT2D eigenvalue weighted by atomic mass is 32.1. The predicted octanol–water partition coefficient (Wildman–Crippen LogP) is 2.65. The summed E-state index contributed by atoms with van der Waals surface area (Å²) in [5.41, 5.74) is 2.52. The molecule has 28 heavy (non-hydrogen) atoms. The Morgan fingerprint density at radius 2 is 2.11 bits per heavy atom. The summed E-state index contributed by atoms with van der Waals surface area (Å²) in [7, 11) is 3.21. The van der Waals surface area contributed by atoms with E-state index in [9.17, 15) is 4.79 Å². The van der Waals surface area contributed by atoms with Crippen molar-refractivity contribution in [2.75, 3.05) is 33.9 Å². The summed E-state index contributed by atoms with van der Waals surface area (Å²) >= 11 is 1.59. The van der Waals surface area contributed by atoms with Gasteiger partial charge in [0.25, 0.3) is 0 Å². The third kappa shape index (κ3) is 4.05. The largest absolute Gasteiger partial charge is 0.493 e. The number of carbonyl (C=O) groups excluding carboxylic acids is 1. The van der Waals surface area contributed by atoms with Crippen LogP contribution in [0.15, 0.2) is 23.2 Å². The van der Waals surface area contributed by atoms with Crippen LogP contribution < -0.4 is 14.4 Å². The molecule has 0 saturated heterocycles. The minimum Gasteiger partial charge on any atom is -0.493 e. The van der Waals surface area contributed by atoms with E-state index in [0.717, 1.165) is 37.2 Å². The van der Waals surface area contributed by atoms with Gasteiger partial charge in [-0.15, -0.1) is 11.3 Å². The van der Waals surface area contributed by atoms with Crippen LogP contribution in [0.1, 0.15) is 40.2 Å². The van der Waals surface area contributed by atoms with Crippen LogP contribution in [0.3, 0.4) is 0 Å². The van der Waals surface area contributed by atoms with E-state index in [2.05, 4.69) is 11.9 Å². The van der Waals surface area contributed by atoms with Gasteiger partial charge in [0.2, 0.25) is 0 Å². The molecule has 1 aromatic heterocycles. The number of methoxy groups -OCH3 is 2. The zero-order chi connectivity index (χ0) is 20.1. The maximum atomic E-state index is 12.6. The number of hydrogen-bond acceptors (Lipinski definition) is 6. The first-order valence-electron chi connectivity index (χ1n) is 9.53. The summed E-state index contributed by atoms with van der Waals surface area (Å²) in [4.78, 5) is 20.1. The molecule has 7 heteroatoms. The molecule has 0 bridgehead atoms. The molecule has 1 unspecified atom stereocenters. The number of nitrogens with zero attached hydrogens (tertiary/aromatic N) is 1. The molecule has 3 rings (SSSR count). The molecule has 2 aromatic rings. The second-order valence-electron chi connectivity index (χ2n) is 6.53. The van der Waals surface area contributed by atoms with E-state index >= 15 is 0 Å². The van der Waals surface area contributed by atoms with Gasteiger partial charge in [0, 0.05) is 18.2 Å². The van der Waals surface area contributed by atoms with Crippen LogP contribution in [0.5, 0.6) is 11.5 Å². The molecule has 0 spiro atoms. The number of fused-ring (bicyclic) bond motifs is 1. The Balaban J connectivity index is 2.01. The first kappa shape index (κ1) is 20.4. The van der Waals surface area contributed by atoms with E-state index in [4.69, 9.17) is 14.2 Å². The van der Waals surface area contributed by atoms with Crippen molar-refractivity contribution in [3.8, 4) is 11.5 Å². The molecule has 0 radical (unpaired) electrons. The molecule has 1 aliphatic heterocycles. The standard InChI is InChI=1S/C21H26N2O4S/c1-5-23-11-10-15-17(13-23)28-20(18(15)21(24)27-6-2)22-12-14-8-7-9-16(25-3)19(14)26-4/h7-9,12H,5-6,10-11,13H2,1-4H3/p+1. The number of nitrogens with one attached hydrogen (secondary N) is 1. The Labute approximate surface area is 169 Å². The zero-order valence-electron chi connectivity index (χ0n) is 16.8. The van der Waals surface area contributed by atoms with E-state index < -0.39 is 0 Å². The minimum atomic E-state index is -0.287. The average Bonchev–Trinajstić information content (AvgIpc) is 3.09. The second kappa shape index (κ2) is 9.21. The van der Waals surface area contributed by atoms with Crippen molar-refractivity contribution < 1.29 is 23.9 Å². The van der Waals surface area contributed by atoms with E-state index in [1.165, 1.54) is 9.78 Å². The third-order valence-corrected chi connectivity index (χ3v) is 6.09. The molecule has 0 amide bonds. The van der Waals surface area contributed by atoms with Crippen molar-refractivity contribution in [3.05, 3.63) is 39.8 Å². The van der Waals surface area contributed by atoms with E-state index in [-0.39, 0.29) is 5.97 Å². The van der Waals surface area contributed by atoms with Gasteiger partial charge >= 0.3 is 5.97 Å². The maximum absolute atomic E-state index is 12.6. The number of quaternary nitrogens is 1. The summed E-state index contributed by atoms with van der Waals surface area (Å²) in [6, 6.07) is 5.63. The van der Waals surface area contributed by atoms with Gasteiger partial charge in [0.1, 0.15) is 17.1 Å². The summed E-state index contributed by atoms with van der Waals surface area (Å²) in [6.07, 6.45) is 2.60. The van der Waals surface area contributed by atoms with Crippen molar-refractivity contribution in [1.82, 2.24) is 0 Å². The molecule has 0 aliphatic carbocycles. The molecular formula is C21H27N2O4S+. The summed E-state index contributed by atoms with van der Waals surface area (Å²) in [5.74, 6) is 0.976. The Morgan fingerprint density at radius 1 is 1.29 bits per heavy atom. The highest BCUT2D eigenvalue weighted by Gasteiger charge is 2.30. The van der Waals surface area contributed by atoms with Gasteiger partial charge in [0.05, 0.1) is 38.8 Å². The molecule has 0 fully saturated rings. The van der Waals surface area contributed by atoms with Crippen molar-refractivity contribution >= 4 is 28.5 Å². The van der Waals surface area contributed by atoms with E-state index in [0.29, 0.717) is 28.7 Å². The Morgan fingerprint density at radius 3 is 2.79 bits per heavy atom. The fourth-order valence-electron chi connectivity index (χ4n) is 3.47. The van der Waals surface area contributed by atoms with Crippen molar-refractivity contribution in [1.29, 1.82) is 0 Å². The van der Waals surface area contributed by atoms with Crippen LogP contribution in [0.4, 0.5) is 5.00 Å². The quantitative estimate of drug-likeness (QED) is 0.570. The Kier molecular flexibility index (Phi) is 6.70. The zero-order valence-corrected chi connectivity index (χ0v) is 17.6. The first-order valence-corrected chi connectivity index (χ1v) is 10.3. The third-order valence-electron chi connectivity index (χ3n) is 4.95. The van der Waals surface area contributed by atoms with Gasteiger partial charge in [-0.2, -0.15) is 0 Å². The molecule has 1 aromatic carbocycles. The van der Waals surface area contributed by atoms with Crippen molar-refractivity contribution in [2.24, 2.45) is 4.99 Å². The Bertz CT molecular complexity index is 876. The Hall–Kier alpha value is -2.38. The summed E-state index contributed by atoms with van der Waals surface area (Å²) < 4.78 is 16.1. The molecule has 1 atom stereocenters. The smallest absolute Gasteiger partial charge is 0.341 e. The minimum absolute atomic E-state index is 0.287. The molecule has 6 nitrogen and oxygen atoms in total. The fraction of sp³-hybridized carbons (Fsp3) is 0.429. The number of carbonyl (C=O) groups is 1. The summed E-state index contributed by atoms with van der Waals surface area (Å²) in [6.45, 7) is 7.40. The number of likely N-dealkylation sites (N-methyl/N-ethyl adjacent to an activating group) is 1. The van der Waals surface area contributed by atoms with Gasteiger partial charge in [-0.25, -0.2) is 9.79 Å². The monoisotopic (exact) mass is 403 g/mol. The highest BCUT2D eigenvalue weighted by Crippen LogP contribution is 2.38. The average molecular weight is 404 g/mol. The van der Waals surface area contributed by atoms with Gasteiger partial charge < -0.3 is 19.1 Å². The number of ether oxygens (including phenoxy) is 3. The predicted molar refractivity (Wildman–Crippen MR) is 111 cm³/mol. The lowest BCUT2D eigenvalue weighted by molar-refractivity contribution is -0.913. The SMILES string of the molecule is CCOC(=O)c1c(N=Cc2cccc(OC)c2OC)sc2c1CC[NH+](CC)C2. The first-order chi connectivity index (χ1) is 13.6. The normalized spacial score (nSPS) is 16.1. The molecule has 0 saturated carbocycles. The lowest BCUT2D eigenvalue weighted by Gasteiger charge is -2.22. The number of rotatable bonds is 7. The van der Waals surface area contributed by atoms with Crippen LogP contribution in [0, 0.1) is 0 Å². The summed E-state index contributed by atoms with van der Waals surface area (Å²) in [5, 5.41) is 0.700. The van der Waals surface area contributed by atoms with Crippen LogP contribution in [-0.4, -0.2) is 46.1 Å². The molecular weight excluding hydrogens is 376 g/mol. The van der Waals surface area contributed by atoms with Crippen LogP contribution in [0.25, 0.3) is 0 Å². The number of hydrogen-bond donors (Lipinski definition) is 1. The van der Waals surface area contributed by atoms with Crippen molar-refractivity contribution in [2.45, 2.75) is 26.8 Å². The number of para-hydroxylation sites is 1. The number of benzene rings is 1. The molecule has 1 N–H and O–H groups in total. The number of aliphatic imine (C=N–C) groups is 1. The van der Waals surface area contributed by atoms with Gasteiger partial charge in [-0.05, 0) is 31.5 Å². The van der Waals surface area contributed by atoms with Gasteiger partial charge in [-0.1, -0.05) is 6.07 Å². The highest BCUT2D eigenvalue weighted by molar-refractivity contribution is 7.16. The maximum Gasteiger partial charge on any atom is 0.341 e. The fourth-order valence-corrected chi connectivity index (χ4v) is 4.72. The number of thiophene rings is 1. The van der Waals surface area contributed by atoms with Crippen molar-refractivity contribution in [3.63, 3.8) is 0 Å². The molecule has 2 heterocycles. The van der Waals surface area contributed by atoms with Crippen LogP contribution in [0.2, 0.25) is 0 Å². The van der Waals surface area contributed by atoms with Gasteiger partial charge in [-0.3, -0.25) is 0 Å². The van der Waals surface area contributed by atoms with E-state index in [1.54, 1.807) is 31.8 Å². The second-order valence-corrected chi connectivity index (χ2v) is 7.61. The topological polar surface area (TPSA) is 61.6 Å². The lowest BCUT2D eigenvalue weighted by atomic mass is 10.0. The van der Waals surface area contributed by atoms with Crippen LogP contribution in [-0.2, 0) is 17.7 Å². The molecule has 1 aliphatic rings. The van der Waals surface area contributed by atoms with Crippen LogP contribution >= 0.6 is 11.3 Å². The lowest BCUT2D eigenvalue weighted by Crippen LogP contribution is -3.11.